The molecule has 0 amide bonds. The fraction of sp³-hybridized carbons (Fsp3) is 0.263. The Balaban J connectivity index is 2.30. The second-order valence-electron chi connectivity index (χ2n) is 7.30. The zero-order chi connectivity index (χ0) is 24.9. The normalized spacial score (nSPS) is 13.3. The second kappa shape index (κ2) is 8.47. The van der Waals surface area contributed by atoms with Crippen LogP contribution in [-0.2, 0) is 23.1 Å². The molecule has 14 heteroatoms. The fourth-order valence-electron chi connectivity index (χ4n) is 3.21. The molecule has 0 aliphatic carbocycles. The molecule has 0 spiro atoms. The molecule has 0 atom stereocenters. The van der Waals surface area contributed by atoms with E-state index in [1.165, 1.54) is 25.1 Å². The van der Waals surface area contributed by atoms with Gasteiger partial charge in [0.25, 0.3) is 5.56 Å². The van der Waals surface area contributed by atoms with Gasteiger partial charge in [0, 0.05) is 24.1 Å². The van der Waals surface area contributed by atoms with Gasteiger partial charge in [-0.1, -0.05) is 11.6 Å². The Kier molecular flexibility index (Phi) is 6.35. The third-order valence-electron chi connectivity index (χ3n) is 4.48. The molecule has 0 bridgehead atoms. The minimum atomic E-state index is -5.00. The molecule has 1 aromatic carbocycles. The number of hydrogen-bond donors (Lipinski definition) is 0. The first-order valence-electron chi connectivity index (χ1n) is 8.99. The first-order valence-corrected chi connectivity index (χ1v) is 11.1. The summed E-state index contributed by atoms with van der Waals surface area (Å²) >= 11 is 6.13. The van der Waals surface area contributed by atoms with Crippen molar-refractivity contribution in [1.29, 1.82) is 0 Å². The van der Waals surface area contributed by atoms with Gasteiger partial charge in [0.05, 0.1) is 16.7 Å². The number of alkyl halides is 3. The lowest BCUT2D eigenvalue weighted by molar-refractivity contribution is -0.144. The number of aromatic nitrogens is 2. The van der Waals surface area contributed by atoms with Crippen molar-refractivity contribution in [3.63, 3.8) is 0 Å². The van der Waals surface area contributed by atoms with Crippen molar-refractivity contribution in [3.05, 3.63) is 67.8 Å². The largest absolute Gasteiger partial charge is 0.462 e. The maximum absolute atomic E-state index is 15.1. The maximum atomic E-state index is 15.1. The molecular weight excluding hydrogens is 494 g/mol. The predicted octanol–water partition coefficient (Wildman–Crippen LogP) is 2.91. The number of sulfone groups is 1. The lowest BCUT2D eigenvalue weighted by Gasteiger charge is -2.15. The van der Waals surface area contributed by atoms with Crippen molar-refractivity contribution in [2.75, 3.05) is 20.0 Å². The quantitative estimate of drug-likeness (QED) is 0.491. The highest BCUT2D eigenvalue weighted by molar-refractivity contribution is 7.94. The molecule has 0 fully saturated rings. The highest BCUT2D eigenvalue weighted by Crippen LogP contribution is 2.34. The molecule has 0 N–H and O–H groups in total. The van der Waals surface area contributed by atoms with Crippen LogP contribution in [-0.4, -0.2) is 42.4 Å². The third-order valence-corrected chi connectivity index (χ3v) is 6.39. The van der Waals surface area contributed by atoms with Gasteiger partial charge in [0.15, 0.2) is 21.2 Å². The summed E-state index contributed by atoms with van der Waals surface area (Å²) in [4.78, 5) is 26.4. The number of nitrogens with zero attached hydrogens (tertiary/aromatic N) is 3. The third kappa shape index (κ3) is 4.75. The van der Waals surface area contributed by atoms with Crippen molar-refractivity contribution in [2.24, 2.45) is 7.05 Å². The van der Waals surface area contributed by atoms with Gasteiger partial charge in [-0.3, -0.25) is 14.3 Å². The van der Waals surface area contributed by atoms with Gasteiger partial charge < -0.3 is 4.42 Å². The minimum Gasteiger partial charge on any atom is -0.462 e. The molecule has 0 aliphatic rings. The zero-order valence-electron chi connectivity index (χ0n) is 17.3. The molecule has 0 saturated heterocycles. The van der Waals surface area contributed by atoms with E-state index in [4.69, 9.17) is 16.0 Å². The molecule has 178 valence electrons. The number of fused-ring (bicyclic) bond motifs is 1. The monoisotopic (exact) mass is 509 g/mol. The smallest absolute Gasteiger partial charge is 0.431 e. The standard InChI is InChI=1S/C19H16ClF4N3O5S/c1-25(2)9-33(30,31)8-12(20)11-6-13(21)16(17-10(11)4-5-32-17)27-15(28)7-14(19(22,23)24)26(3)18(27)29/h4-8H,9H2,1-3H3/b12-8-. The van der Waals surface area contributed by atoms with Gasteiger partial charge in [-0.2, -0.15) is 13.2 Å². The number of halogens is 5. The van der Waals surface area contributed by atoms with Gasteiger partial charge in [0.2, 0.25) is 0 Å². The number of rotatable bonds is 5. The van der Waals surface area contributed by atoms with Gasteiger partial charge in [-0.25, -0.2) is 22.2 Å². The maximum Gasteiger partial charge on any atom is 0.431 e. The van der Waals surface area contributed by atoms with E-state index in [0.717, 1.165) is 24.8 Å². The van der Waals surface area contributed by atoms with Gasteiger partial charge in [0.1, 0.15) is 17.3 Å². The molecule has 3 rings (SSSR count). The van der Waals surface area contributed by atoms with E-state index in [2.05, 4.69) is 0 Å². The predicted molar refractivity (Wildman–Crippen MR) is 113 cm³/mol. The molecule has 0 aliphatic heterocycles. The van der Waals surface area contributed by atoms with Gasteiger partial charge in [-0.15, -0.1) is 0 Å². The summed E-state index contributed by atoms with van der Waals surface area (Å²) in [6.07, 6.45) is -3.93. The number of hydrogen-bond acceptors (Lipinski definition) is 6. The molecule has 0 saturated carbocycles. The summed E-state index contributed by atoms with van der Waals surface area (Å²) in [6.45, 7) is 0. The van der Waals surface area contributed by atoms with E-state index in [1.807, 2.05) is 0 Å². The SMILES string of the molecule is CN(C)CS(=O)(=O)/C=C(\Cl)c1cc(F)c(-n2c(=O)cc(C(F)(F)F)n(C)c2=O)c2occc12. The second-order valence-corrected chi connectivity index (χ2v) is 9.52. The first-order chi connectivity index (χ1) is 15.1. The molecule has 0 radical (unpaired) electrons. The van der Waals surface area contributed by atoms with E-state index in [-0.39, 0.29) is 42.6 Å². The van der Waals surface area contributed by atoms with Crippen LogP contribution in [0.1, 0.15) is 11.3 Å². The van der Waals surface area contributed by atoms with Crippen LogP contribution in [0.3, 0.4) is 0 Å². The van der Waals surface area contributed by atoms with E-state index < -0.39 is 44.5 Å². The summed E-state index contributed by atoms with van der Waals surface area (Å²) < 4.78 is 84.4. The molecule has 0 unspecified atom stereocenters. The Hall–Kier alpha value is -2.90. The van der Waals surface area contributed by atoms with Crippen LogP contribution in [0.4, 0.5) is 17.6 Å². The minimum absolute atomic E-state index is 0.0292. The topological polar surface area (TPSA) is 94.5 Å². The number of benzene rings is 1. The Morgan fingerprint density at radius 1 is 1.24 bits per heavy atom. The van der Waals surface area contributed by atoms with Crippen LogP contribution in [0.2, 0.25) is 0 Å². The molecule has 3 aromatic rings. The highest BCUT2D eigenvalue weighted by atomic mass is 35.5. The summed E-state index contributed by atoms with van der Waals surface area (Å²) in [7, 11) is -0.0130. The summed E-state index contributed by atoms with van der Waals surface area (Å²) in [5, 5.41) is 0.376. The van der Waals surface area contributed by atoms with E-state index in [0.29, 0.717) is 0 Å². The van der Waals surface area contributed by atoms with Crippen molar-refractivity contribution < 1.29 is 30.4 Å². The zero-order valence-corrected chi connectivity index (χ0v) is 18.8. The Morgan fingerprint density at radius 2 is 1.88 bits per heavy atom. The van der Waals surface area contributed by atoms with Crippen LogP contribution < -0.4 is 11.2 Å². The van der Waals surface area contributed by atoms with Crippen molar-refractivity contribution in [2.45, 2.75) is 6.18 Å². The van der Waals surface area contributed by atoms with Crippen LogP contribution in [0.15, 0.2) is 43.9 Å². The first kappa shape index (κ1) is 24.7. The summed E-state index contributed by atoms with van der Waals surface area (Å²) in [5.74, 6) is -1.63. The van der Waals surface area contributed by atoms with Gasteiger partial charge in [-0.05, 0) is 26.2 Å². The number of furan rings is 1. The van der Waals surface area contributed by atoms with Crippen molar-refractivity contribution >= 4 is 37.4 Å². The fourth-order valence-corrected chi connectivity index (χ4v) is 5.01. The van der Waals surface area contributed by atoms with E-state index >= 15 is 4.39 Å². The Bertz CT molecular complexity index is 1500. The molecular formula is C19H16ClF4N3O5S. The average molecular weight is 510 g/mol. The molecule has 2 aromatic heterocycles. The summed E-state index contributed by atoms with van der Waals surface area (Å²) in [5.41, 5.74) is -5.67. The lowest BCUT2D eigenvalue weighted by Crippen LogP contribution is -2.41. The van der Waals surface area contributed by atoms with Crippen molar-refractivity contribution in [3.8, 4) is 5.69 Å². The van der Waals surface area contributed by atoms with Crippen LogP contribution >= 0.6 is 11.6 Å². The van der Waals surface area contributed by atoms with Crippen molar-refractivity contribution in [1.82, 2.24) is 14.0 Å². The van der Waals surface area contributed by atoms with E-state index in [1.54, 1.807) is 0 Å². The highest BCUT2D eigenvalue weighted by Gasteiger charge is 2.35. The molecule has 2 heterocycles. The molecule has 8 nitrogen and oxygen atoms in total. The Labute approximate surface area is 188 Å². The lowest BCUT2D eigenvalue weighted by atomic mass is 10.1. The van der Waals surface area contributed by atoms with Crippen LogP contribution in [0.25, 0.3) is 21.7 Å². The summed E-state index contributed by atoms with van der Waals surface area (Å²) in [6, 6.07) is 2.20. The van der Waals surface area contributed by atoms with Gasteiger partial charge >= 0.3 is 11.9 Å². The van der Waals surface area contributed by atoms with Crippen LogP contribution in [0.5, 0.6) is 0 Å². The average Bonchev–Trinajstić information content (AvgIpc) is 3.12. The Morgan fingerprint density at radius 3 is 2.45 bits per heavy atom. The molecule has 33 heavy (non-hydrogen) atoms. The van der Waals surface area contributed by atoms with E-state index in [9.17, 15) is 31.2 Å². The van der Waals surface area contributed by atoms with Crippen LogP contribution in [0, 0.1) is 5.82 Å².